The van der Waals surface area contributed by atoms with E-state index >= 15 is 0 Å². The summed E-state index contributed by atoms with van der Waals surface area (Å²) in [4.78, 5) is 14.5. The van der Waals surface area contributed by atoms with Crippen LogP contribution in [-0.4, -0.2) is 36.6 Å². The highest BCUT2D eigenvalue weighted by Gasteiger charge is 2.26. The summed E-state index contributed by atoms with van der Waals surface area (Å²) in [5.74, 6) is 2.36. The van der Waals surface area contributed by atoms with Gasteiger partial charge < -0.3 is 14.4 Å². The van der Waals surface area contributed by atoms with E-state index in [0.717, 1.165) is 50.5 Å². The molecule has 2 aromatic rings. The SMILES string of the molecule is C[C@H](Oc1ccccc1)C(=O)N1CCC(CCOc2ccccc2)CC1. The van der Waals surface area contributed by atoms with Crippen LogP contribution in [0.15, 0.2) is 60.7 Å². The molecule has 4 heteroatoms. The van der Waals surface area contributed by atoms with Gasteiger partial charge in [0.1, 0.15) is 11.5 Å². The molecule has 0 radical (unpaired) electrons. The van der Waals surface area contributed by atoms with E-state index in [-0.39, 0.29) is 5.91 Å². The lowest BCUT2D eigenvalue weighted by Crippen LogP contribution is -2.44. The highest BCUT2D eigenvalue weighted by Crippen LogP contribution is 2.22. The summed E-state index contributed by atoms with van der Waals surface area (Å²) in [7, 11) is 0. The Balaban J connectivity index is 1.38. The second kappa shape index (κ2) is 9.27. The number of para-hydroxylation sites is 2. The smallest absolute Gasteiger partial charge is 0.263 e. The molecule has 1 atom stereocenters. The minimum Gasteiger partial charge on any atom is -0.494 e. The van der Waals surface area contributed by atoms with Crippen molar-refractivity contribution in [2.24, 2.45) is 5.92 Å². The monoisotopic (exact) mass is 353 g/mol. The fraction of sp³-hybridized carbons (Fsp3) is 0.409. The number of carbonyl (C=O) groups is 1. The third-order valence-corrected chi connectivity index (χ3v) is 4.87. The van der Waals surface area contributed by atoms with E-state index in [4.69, 9.17) is 9.47 Å². The molecule has 0 aliphatic carbocycles. The standard InChI is InChI=1S/C22H27NO3/c1-18(26-21-10-6-3-7-11-21)22(24)23-15-12-19(13-16-23)14-17-25-20-8-4-2-5-9-20/h2-11,18-19H,12-17H2,1H3/t18-/m0/s1. The normalized spacial score (nSPS) is 16.1. The molecule has 0 aromatic heterocycles. The number of piperidine rings is 1. The van der Waals surface area contributed by atoms with Crippen molar-refractivity contribution in [3.63, 3.8) is 0 Å². The Morgan fingerprint density at radius 3 is 2.19 bits per heavy atom. The van der Waals surface area contributed by atoms with Crippen molar-refractivity contribution in [2.75, 3.05) is 19.7 Å². The maximum atomic E-state index is 12.6. The largest absolute Gasteiger partial charge is 0.494 e. The first kappa shape index (κ1) is 18.3. The number of rotatable bonds is 7. The van der Waals surface area contributed by atoms with E-state index in [1.807, 2.05) is 72.5 Å². The average molecular weight is 353 g/mol. The van der Waals surface area contributed by atoms with Crippen molar-refractivity contribution in [3.05, 3.63) is 60.7 Å². The molecular weight excluding hydrogens is 326 g/mol. The zero-order valence-electron chi connectivity index (χ0n) is 15.3. The van der Waals surface area contributed by atoms with Crippen LogP contribution in [0.3, 0.4) is 0 Å². The van der Waals surface area contributed by atoms with Crippen LogP contribution in [-0.2, 0) is 4.79 Å². The number of amides is 1. The molecule has 1 aliphatic heterocycles. The van der Waals surface area contributed by atoms with Crippen molar-refractivity contribution in [1.82, 2.24) is 4.90 Å². The van der Waals surface area contributed by atoms with E-state index in [1.165, 1.54) is 0 Å². The van der Waals surface area contributed by atoms with Gasteiger partial charge in [0.15, 0.2) is 6.10 Å². The Morgan fingerprint density at radius 2 is 1.58 bits per heavy atom. The molecule has 0 spiro atoms. The maximum absolute atomic E-state index is 12.6. The first-order valence-electron chi connectivity index (χ1n) is 9.40. The van der Waals surface area contributed by atoms with E-state index < -0.39 is 6.10 Å². The molecular formula is C22H27NO3. The second-order valence-electron chi connectivity index (χ2n) is 6.79. The van der Waals surface area contributed by atoms with Gasteiger partial charge >= 0.3 is 0 Å². The number of hydrogen-bond acceptors (Lipinski definition) is 3. The van der Waals surface area contributed by atoms with Gasteiger partial charge in [-0.3, -0.25) is 4.79 Å². The van der Waals surface area contributed by atoms with Gasteiger partial charge in [-0.15, -0.1) is 0 Å². The molecule has 1 fully saturated rings. The van der Waals surface area contributed by atoms with Gasteiger partial charge in [-0.05, 0) is 56.4 Å². The zero-order chi connectivity index (χ0) is 18.2. The molecule has 26 heavy (non-hydrogen) atoms. The van der Waals surface area contributed by atoms with Gasteiger partial charge in [-0.25, -0.2) is 0 Å². The number of ether oxygens (including phenoxy) is 2. The fourth-order valence-electron chi connectivity index (χ4n) is 3.31. The number of carbonyl (C=O) groups excluding carboxylic acids is 1. The Labute approximate surface area is 155 Å². The van der Waals surface area contributed by atoms with E-state index in [1.54, 1.807) is 0 Å². The predicted octanol–water partition coefficient (Wildman–Crippen LogP) is 4.16. The van der Waals surface area contributed by atoms with E-state index in [9.17, 15) is 4.79 Å². The molecule has 1 heterocycles. The van der Waals surface area contributed by atoms with Gasteiger partial charge in [0.2, 0.25) is 0 Å². The van der Waals surface area contributed by atoms with Crippen LogP contribution in [0.25, 0.3) is 0 Å². The summed E-state index contributed by atoms with van der Waals surface area (Å²) in [5.41, 5.74) is 0. The first-order valence-corrected chi connectivity index (χ1v) is 9.40. The van der Waals surface area contributed by atoms with E-state index in [2.05, 4.69) is 0 Å². The molecule has 2 aromatic carbocycles. The Bertz CT molecular complexity index is 666. The third kappa shape index (κ3) is 5.25. The second-order valence-corrected chi connectivity index (χ2v) is 6.79. The minimum atomic E-state index is -0.449. The van der Waals surface area contributed by atoms with Gasteiger partial charge in [0.25, 0.3) is 5.91 Å². The Hall–Kier alpha value is -2.49. The van der Waals surface area contributed by atoms with Crippen LogP contribution in [0.4, 0.5) is 0 Å². The van der Waals surface area contributed by atoms with Gasteiger partial charge in [-0.1, -0.05) is 36.4 Å². The molecule has 0 unspecified atom stereocenters. The molecule has 0 bridgehead atoms. The third-order valence-electron chi connectivity index (χ3n) is 4.87. The molecule has 0 N–H and O–H groups in total. The summed E-state index contributed by atoms with van der Waals surface area (Å²) in [5, 5.41) is 0. The van der Waals surface area contributed by atoms with Gasteiger partial charge in [0.05, 0.1) is 6.61 Å². The Morgan fingerprint density at radius 1 is 1.00 bits per heavy atom. The highest BCUT2D eigenvalue weighted by atomic mass is 16.5. The lowest BCUT2D eigenvalue weighted by atomic mass is 9.93. The number of hydrogen-bond donors (Lipinski definition) is 0. The zero-order valence-corrected chi connectivity index (χ0v) is 15.3. The van der Waals surface area contributed by atoms with Crippen molar-refractivity contribution in [1.29, 1.82) is 0 Å². The van der Waals surface area contributed by atoms with Crippen LogP contribution in [0, 0.1) is 5.92 Å². The topological polar surface area (TPSA) is 38.8 Å². The first-order chi connectivity index (χ1) is 12.7. The highest BCUT2D eigenvalue weighted by molar-refractivity contribution is 5.81. The lowest BCUT2D eigenvalue weighted by molar-refractivity contribution is -0.139. The van der Waals surface area contributed by atoms with Gasteiger partial charge in [0, 0.05) is 13.1 Å². The molecule has 1 aliphatic rings. The van der Waals surface area contributed by atoms with Gasteiger partial charge in [-0.2, -0.15) is 0 Å². The lowest BCUT2D eigenvalue weighted by Gasteiger charge is -2.33. The summed E-state index contributed by atoms with van der Waals surface area (Å²) in [6, 6.07) is 19.4. The summed E-state index contributed by atoms with van der Waals surface area (Å²) < 4.78 is 11.5. The average Bonchev–Trinajstić information content (AvgIpc) is 2.69. The molecule has 0 saturated carbocycles. The van der Waals surface area contributed by atoms with Crippen molar-refractivity contribution in [2.45, 2.75) is 32.3 Å². The molecule has 4 nitrogen and oxygen atoms in total. The van der Waals surface area contributed by atoms with Crippen LogP contribution >= 0.6 is 0 Å². The van der Waals surface area contributed by atoms with E-state index in [0.29, 0.717) is 5.92 Å². The Kier molecular flexibility index (Phi) is 6.53. The van der Waals surface area contributed by atoms with Crippen LogP contribution in [0.5, 0.6) is 11.5 Å². The fourth-order valence-corrected chi connectivity index (χ4v) is 3.31. The number of likely N-dealkylation sites (tertiary alicyclic amines) is 1. The molecule has 1 saturated heterocycles. The van der Waals surface area contributed by atoms with Crippen LogP contribution in [0.2, 0.25) is 0 Å². The number of nitrogens with zero attached hydrogens (tertiary/aromatic N) is 1. The summed E-state index contributed by atoms with van der Waals surface area (Å²) in [6.07, 6.45) is 2.65. The van der Waals surface area contributed by atoms with Crippen LogP contribution in [0.1, 0.15) is 26.2 Å². The minimum absolute atomic E-state index is 0.0767. The predicted molar refractivity (Wildman–Crippen MR) is 102 cm³/mol. The van der Waals surface area contributed by atoms with Crippen LogP contribution < -0.4 is 9.47 Å². The van der Waals surface area contributed by atoms with Crippen molar-refractivity contribution < 1.29 is 14.3 Å². The molecule has 138 valence electrons. The maximum Gasteiger partial charge on any atom is 0.263 e. The number of benzene rings is 2. The molecule has 1 amide bonds. The molecule has 3 rings (SSSR count). The quantitative estimate of drug-likeness (QED) is 0.750. The van der Waals surface area contributed by atoms with Crippen molar-refractivity contribution in [3.8, 4) is 11.5 Å². The summed E-state index contributed by atoms with van der Waals surface area (Å²) in [6.45, 7) is 4.17. The summed E-state index contributed by atoms with van der Waals surface area (Å²) >= 11 is 0. The van der Waals surface area contributed by atoms with Crippen molar-refractivity contribution >= 4 is 5.91 Å².